The molecule has 1 aromatic carbocycles. The zero-order chi connectivity index (χ0) is 21.2. The van der Waals surface area contributed by atoms with E-state index >= 15 is 0 Å². The maximum atomic E-state index is 13.3. The molecule has 6 heteroatoms. The Labute approximate surface area is 181 Å². The van der Waals surface area contributed by atoms with E-state index in [2.05, 4.69) is 32.5 Å². The minimum Gasteiger partial charge on any atom is -0.475 e. The van der Waals surface area contributed by atoms with Crippen molar-refractivity contribution in [2.45, 2.75) is 26.8 Å². The summed E-state index contributed by atoms with van der Waals surface area (Å²) in [5.41, 5.74) is 2.20. The first-order valence-corrected chi connectivity index (χ1v) is 10.2. The molecule has 29 heavy (non-hydrogen) atoms. The third-order valence-corrected chi connectivity index (χ3v) is 4.81. The Morgan fingerprint density at radius 3 is 2.66 bits per heavy atom. The van der Waals surface area contributed by atoms with Crippen LogP contribution in [0.5, 0.6) is 5.88 Å². The molecule has 1 aromatic heterocycles. The van der Waals surface area contributed by atoms with Gasteiger partial charge in [0.05, 0.1) is 6.04 Å². The molecule has 1 heterocycles. The van der Waals surface area contributed by atoms with E-state index in [0.29, 0.717) is 24.6 Å². The van der Waals surface area contributed by atoms with Crippen LogP contribution in [-0.4, -0.2) is 40.7 Å². The Hall–Kier alpha value is -2.73. The molecule has 0 saturated heterocycles. The van der Waals surface area contributed by atoms with Gasteiger partial charge in [0.1, 0.15) is 6.61 Å². The van der Waals surface area contributed by atoms with Gasteiger partial charge in [0.15, 0.2) is 0 Å². The third-order valence-electron chi connectivity index (χ3n) is 4.34. The standard InChI is InChI=1S/C23H26BrN3O2/c1-5-7-14-25-18(4)20-10-8-9-11-21(20)23(28)27(6-2)17(3)16-29-22-13-12-19(24)15-26-22/h5,7-15,17H,1,6,16H2,2-4H3/b14-7-,25-18+. The molecule has 0 aliphatic heterocycles. The first-order valence-electron chi connectivity index (χ1n) is 9.44. The number of hydrogen-bond donors (Lipinski definition) is 0. The smallest absolute Gasteiger partial charge is 0.254 e. The number of halogens is 1. The number of hydrogen-bond acceptors (Lipinski definition) is 4. The second-order valence-corrected chi connectivity index (χ2v) is 7.32. The van der Waals surface area contributed by atoms with Gasteiger partial charge >= 0.3 is 0 Å². The SMILES string of the molecule is C=C/C=C\N=C(/C)c1ccccc1C(=O)N(CC)C(C)COc1ccc(Br)cn1. The number of rotatable bonds is 9. The van der Waals surface area contributed by atoms with Crippen molar-refractivity contribution in [3.05, 3.63) is 83.1 Å². The summed E-state index contributed by atoms with van der Waals surface area (Å²) >= 11 is 3.35. The van der Waals surface area contributed by atoms with Gasteiger partial charge in [-0.3, -0.25) is 9.79 Å². The molecule has 0 radical (unpaired) electrons. The molecule has 152 valence electrons. The number of benzene rings is 1. The Morgan fingerprint density at radius 2 is 2.03 bits per heavy atom. The van der Waals surface area contributed by atoms with Crippen molar-refractivity contribution in [1.82, 2.24) is 9.88 Å². The summed E-state index contributed by atoms with van der Waals surface area (Å²) in [5, 5.41) is 0. The highest BCUT2D eigenvalue weighted by molar-refractivity contribution is 9.10. The summed E-state index contributed by atoms with van der Waals surface area (Å²) in [7, 11) is 0. The Bertz CT molecular complexity index is 891. The van der Waals surface area contributed by atoms with Crippen molar-refractivity contribution >= 4 is 27.5 Å². The molecule has 0 saturated carbocycles. The number of aromatic nitrogens is 1. The zero-order valence-electron chi connectivity index (χ0n) is 17.0. The predicted molar refractivity (Wildman–Crippen MR) is 122 cm³/mol. The van der Waals surface area contributed by atoms with E-state index < -0.39 is 0 Å². The lowest BCUT2D eigenvalue weighted by Gasteiger charge is -2.28. The fraction of sp³-hybridized carbons (Fsp3) is 0.261. The van der Waals surface area contributed by atoms with Crippen molar-refractivity contribution in [2.24, 2.45) is 4.99 Å². The number of carbonyl (C=O) groups excluding carboxylic acids is 1. The van der Waals surface area contributed by atoms with E-state index in [9.17, 15) is 4.79 Å². The minimum absolute atomic E-state index is 0.0507. The zero-order valence-corrected chi connectivity index (χ0v) is 18.6. The molecule has 1 atom stereocenters. The Balaban J connectivity index is 2.18. The largest absolute Gasteiger partial charge is 0.475 e. The van der Waals surface area contributed by atoms with Gasteiger partial charge in [0.2, 0.25) is 5.88 Å². The van der Waals surface area contributed by atoms with E-state index in [1.807, 2.05) is 51.1 Å². The van der Waals surface area contributed by atoms with Crippen LogP contribution in [0.1, 0.15) is 36.7 Å². The molecule has 2 rings (SSSR count). The molecule has 0 N–H and O–H groups in total. The van der Waals surface area contributed by atoms with Crippen molar-refractivity contribution in [1.29, 1.82) is 0 Å². The Kier molecular flexibility index (Phi) is 8.80. The maximum Gasteiger partial charge on any atom is 0.254 e. The Morgan fingerprint density at radius 1 is 1.31 bits per heavy atom. The van der Waals surface area contributed by atoms with Crippen LogP contribution in [-0.2, 0) is 0 Å². The van der Waals surface area contributed by atoms with E-state index in [-0.39, 0.29) is 11.9 Å². The summed E-state index contributed by atoms with van der Waals surface area (Å²) in [5.74, 6) is 0.478. The molecule has 0 fully saturated rings. The number of pyridine rings is 1. The molecular formula is C23H26BrN3O2. The van der Waals surface area contributed by atoms with Crippen LogP contribution in [0.25, 0.3) is 0 Å². The van der Waals surface area contributed by atoms with Crippen molar-refractivity contribution < 1.29 is 9.53 Å². The van der Waals surface area contributed by atoms with Crippen LogP contribution in [0.15, 0.2) is 77.0 Å². The molecule has 1 amide bonds. The quantitative estimate of drug-likeness (QED) is 0.381. The lowest BCUT2D eigenvalue weighted by molar-refractivity contribution is 0.0646. The highest BCUT2D eigenvalue weighted by Crippen LogP contribution is 2.17. The molecule has 0 spiro atoms. The van der Waals surface area contributed by atoms with Gasteiger partial charge in [-0.15, -0.1) is 0 Å². The van der Waals surface area contributed by atoms with Crippen LogP contribution in [0.4, 0.5) is 0 Å². The average molecular weight is 456 g/mol. The van der Waals surface area contributed by atoms with E-state index in [1.165, 1.54) is 0 Å². The highest BCUT2D eigenvalue weighted by Gasteiger charge is 2.23. The number of amides is 1. The van der Waals surface area contributed by atoms with E-state index in [1.54, 1.807) is 35.5 Å². The minimum atomic E-state index is -0.121. The number of allylic oxidation sites excluding steroid dienone is 2. The molecular weight excluding hydrogens is 430 g/mol. The lowest BCUT2D eigenvalue weighted by Crippen LogP contribution is -2.42. The molecule has 1 unspecified atom stereocenters. The van der Waals surface area contributed by atoms with E-state index in [4.69, 9.17) is 4.74 Å². The molecule has 0 aliphatic rings. The normalized spacial score (nSPS) is 12.6. The van der Waals surface area contributed by atoms with Gasteiger partial charge < -0.3 is 9.64 Å². The molecule has 0 aliphatic carbocycles. The van der Waals surface area contributed by atoms with Crippen molar-refractivity contribution in [3.63, 3.8) is 0 Å². The van der Waals surface area contributed by atoms with E-state index in [0.717, 1.165) is 15.7 Å². The monoisotopic (exact) mass is 455 g/mol. The van der Waals surface area contributed by atoms with Gasteiger partial charge in [-0.05, 0) is 54.9 Å². The average Bonchev–Trinajstić information content (AvgIpc) is 2.74. The maximum absolute atomic E-state index is 13.3. The fourth-order valence-electron chi connectivity index (χ4n) is 2.82. The summed E-state index contributed by atoms with van der Waals surface area (Å²) < 4.78 is 6.66. The summed E-state index contributed by atoms with van der Waals surface area (Å²) in [6, 6.07) is 11.1. The summed E-state index contributed by atoms with van der Waals surface area (Å²) in [4.78, 5) is 23.7. The van der Waals surface area contributed by atoms with Crippen LogP contribution < -0.4 is 4.74 Å². The van der Waals surface area contributed by atoms with Crippen molar-refractivity contribution in [2.75, 3.05) is 13.2 Å². The fourth-order valence-corrected chi connectivity index (χ4v) is 3.06. The van der Waals surface area contributed by atoms with Gasteiger partial charge in [-0.2, -0.15) is 0 Å². The second-order valence-electron chi connectivity index (χ2n) is 6.40. The first-order chi connectivity index (χ1) is 14.0. The van der Waals surface area contributed by atoms with Crippen LogP contribution >= 0.6 is 15.9 Å². The summed E-state index contributed by atoms with van der Waals surface area (Å²) in [6.07, 6.45) is 6.77. The van der Waals surface area contributed by atoms with Gasteiger partial charge in [-0.25, -0.2) is 4.98 Å². The number of nitrogens with zero attached hydrogens (tertiary/aromatic N) is 3. The number of likely N-dealkylation sites (N-methyl/N-ethyl adjacent to an activating group) is 1. The lowest BCUT2D eigenvalue weighted by atomic mass is 10.0. The van der Waals surface area contributed by atoms with Crippen LogP contribution in [0, 0.1) is 0 Å². The van der Waals surface area contributed by atoms with Crippen molar-refractivity contribution in [3.8, 4) is 5.88 Å². The molecule has 2 aromatic rings. The summed E-state index contributed by atoms with van der Waals surface area (Å²) in [6.45, 7) is 10.4. The van der Waals surface area contributed by atoms with Crippen LogP contribution in [0.3, 0.4) is 0 Å². The number of carbonyl (C=O) groups is 1. The van der Waals surface area contributed by atoms with Gasteiger partial charge in [-0.1, -0.05) is 30.9 Å². The third kappa shape index (κ3) is 6.39. The molecule has 0 bridgehead atoms. The molecule has 5 nitrogen and oxygen atoms in total. The number of ether oxygens (including phenoxy) is 1. The second kappa shape index (κ2) is 11.3. The van der Waals surface area contributed by atoms with Crippen LogP contribution in [0.2, 0.25) is 0 Å². The predicted octanol–water partition coefficient (Wildman–Crippen LogP) is 5.28. The topological polar surface area (TPSA) is 54.8 Å². The first kappa shape index (κ1) is 22.6. The number of aliphatic imine (C=N–C) groups is 1. The van der Waals surface area contributed by atoms with Gasteiger partial charge in [0, 0.05) is 46.3 Å². The highest BCUT2D eigenvalue weighted by atomic mass is 79.9. The van der Waals surface area contributed by atoms with Gasteiger partial charge in [0.25, 0.3) is 5.91 Å².